The fraction of sp³-hybridized carbons (Fsp3) is 0.517. The molecule has 0 bridgehead atoms. The summed E-state index contributed by atoms with van der Waals surface area (Å²) in [4.78, 5) is 24.9. The van der Waals surface area contributed by atoms with E-state index < -0.39 is 47.5 Å². The molecule has 38 heavy (non-hydrogen) atoms. The molecule has 0 fully saturated rings. The van der Waals surface area contributed by atoms with Crippen LogP contribution in [0.4, 0.5) is 4.79 Å². The van der Waals surface area contributed by atoms with Crippen LogP contribution in [0.25, 0.3) is 0 Å². The number of aliphatic hydroxyl groups is 3. The average molecular weight is 530 g/mol. The fourth-order valence-corrected chi connectivity index (χ4v) is 3.77. The highest BCUT2D eigenvalue weighted by atomic mass is 16.6. The Morgan fingerprint density at radius 2 is 1.18 bits per heavy atom. The van der Waals surface area contributed by atoms with E-state index in [0.717, 1.165) is 11.1 Å². The number of nitrogens with one attached hydrogen (secondary N) is 3. The van der Waals surface area contributed by atoms with Crippen molar-refractivity contribution in [1.82, 2.24) is 16.0 Å². The third-order valence-corrected chi connectivity index (χ3v) is 5.81. The Labute approximate surface area is 225 Å². The highest BCUT2D eigenvalue weighted by molar-refractivity contribution is 5.84. The van der Waals surface area contributed by atoms with E-state index in [4.69, 9.17) is 4.74 Å². The topological polar surface area (TPSA) is 140 Å². The number of hydrogen-bond donors (Lipinski definition) is 6. The lowest BCUT2D eigenvalue weighted by molar-refractivity contribution is -0.138. The molecule has 6 N–H and O–H groups in total. The van der Waals surface area contributed by atoms with Gasteiger partial charge in [-0.1, -0.05) is 60.7 Å². The Morgan fingerprint density at radius 1 is 0.763 bits per heavy atom. The van der Waals surface area contributed by atoms with Crippen molar-refractivity contribution in [3.63, 3.8) is 0 Å². The van der Waals surface area contributed by atoms with Gasteiger partial charge in [0.2, 0.25) is 0 Å². The van der Waals surface area contributed by atoms with Gasteiger partial charge >= 0.3 is 6.09 Å². The molecule has 2 aromatic rings. The van der Waals surface area contributed by atoms with Crippen molar-refractivity contribution < 1.29 is 29.6 Å². The predicted octanol–water partition coefficient (Wildman–Crippen LogP) is 1.93. The van der Waals surface area contributed by atoms with E-state index in [1.54, 1.807) is 20.8 Å². The van der Waals surface area contributed by atoms with Crippen molar-refractivity contribution in [2.75, 3.05) is 13.1 Å². The molecule has 0 aliphatic carbocycles. The van der Waals surface area contributed by atoms with Gasteiger partial charge in [0.25, 0.3) is 5.91 Å². The minimum atomic E-state index is -1.60. The lowest BCUT2D eigenvalue weighted by Gasteiger charge is -2.29. The first kappa shape index (κ1) is 31.2. The summed E-state index contributed by atoms with van der Waals surface area (Å²) in [6.45, 7) is 8.19. The Hall–Kier alpha value is -2.98. The van der Waals surface area contributed by atoms with Crippen molar-refractivity contribution in [3.8, 4) is 0 Å². The van der Waals surface area contributed by atoms with E-state index in [-0.39, 0.29) is 13.1 Å². The first-order valence-corrected chi connectivity index (χ1v) is 12.9. The van der Waals surface area contributed by atoms with Crippen LogP contribution < -0.4 is 16.0 Å². The van der Waals surface area contributed by atoms with Gasteiger partial charge < -0.3 is 36.0 Å². The van der Waals surface area contributed by atoms with Gasteiger partial charge in [-0.15, -0.1) is 0 Å². The van der Waals surface area contributed by atoms with E-state index in [1.165, 1.54) is 13.8 Å². The lowest BCUT2D eigenvalue weighted by Crippen LogP contribution is -2.55. The van der Waals surface area contributed by atoms with Crippen LogP contribution in [0, 0.1) is 0 Å². The molecule has 210 valence electrons. The molecule has 9 nitrogen and oxygen atoms in total. The number of hydrogen-bond acceptors (Lipinski definition) is 7. The monoisotopic (exact) mass is 529 g/mol. The second-order valence-electron chi connectivity index (χ2n) is 11.1. The molecule has 0 aliphatic heterocycles. The van der Waals surface area contributed by atoms with E-state index in [2.05, 4.69) is 16.0 Å². The maximum Gasteiger partial charge on any atom is 0.407 e. The van der Waals surface area contributed by atoms with E-state index in [1.807, 2.05) is 60.7 Å². The number of ether oxygens (including phenoxy) is 1. The third-order valence-electron chi connectivity index (χ3n) is 5.81. The first-order valence-electron chi connectivity index (χ1n) is 12.9. The molecule has 1 unspecified atom stereocenters. The normalized spacial score (nSPS) is 15.2. The predicted molar refractivity (Wildman–Crippen MR) is 147 cm³/mol. The van der Waals surface area contributed by atoms with Crippen LogP contribution in [-0.4, -0.2) is 75.9 Å². The molecule has 0 radical (unpaired) electrons. The molecule has 0 aliphatic rings. The van der Waals surface area contributed by atoms with Gasteiger partial charge in [0.05, 0.1) is 24.3 Å². The molecule has 0 saturated carbocycles. The quantitative estimate of drug-likeness (QED) is 0.233. The average Bonchev–Trinajstić information content (AvgIpc) is 2.82. The van der Waals surface area contributed by atoms with Gasteiger partial charge in [0.15, 0.2) is 0 Å². The minimum Gasteiger partial charge on any atom is -0.444 e. The van der Waals surface area contributed by atoms with Gasteiger partial charge in [-0.25, -0.2) is 4.79 Å². The second kappa shape index (κ2) is 14.2. The summed E-state index contributed by atoms with van der Waals surface area (Å²) < 4.78 is 5.37. The van der Waals surface area contributed by atoms with Crippen LogP contribution in [-0.2, 0) is 22.4 Å². The zero-order valence-electron chi connectivity index (χ0n) is 23.0. The second-order valence-corrected chi connectivity index (χ2v) is 11.1. The molecular formula is C29H43N3O6. The maximum atomic E-state index is 12.4. The largest absolute Gasteiger partial charge is 0.444 e. The number of alkyl carbamates (subject to hydrolysis) is 1. The van der Waals surface area contributed by atoms with Crippen molar-refractivity contribution in [2.24, 2.45) is 0 Å². The summed E-state index contributed by atoms with van der Waals surface area (Å²) in [6, 6.07) is 17.6. The van der Waals surface area contributed by atoms with Crippen molar-refractivity contribution in [1.29, 1.82) is 0 Å². The molecule has 2 aromatic carbocycles. The summed E-state index contributed by atoms with van der Waals surface area (Å²) in [5.74, 6) is -0.595. The Balaban J connectivity index is 2.03. The smallest absolute Gasteiger partial charge is 0.407 e. The van der Waals surface area contributed by atoms with Gasteiger partial charge in [0.1, 0.15) is 11.2 Å². The molecule has 0 aromatic heterocycles. The van der Waals surface area contributed by atoms with Crippen LogP contribution in [0.1, 0.15) is 45.7 Å². The highest BCUT2D eigenvalue weighted by Gasteiger charge is 2.30. The molecular weight excluding hydrogens is 486 g/mol. The standard InChI is InChI=1S/C29H43N3O6/c1-28(2,3)38-27(36)32-23(17-21-14-10-7-11-15-21)25(34)19-30-18-24(33)22(31-26(35)29(4,5)37)16-20-12-8-6-9-13-20/h6-15,22-25,30,33-34,37H,16-19H2,1-5H3,(H,31,35)(H,32,36)/t22-,23+,24?,25+/m1/s1. The summed E-state index contributed by atoms with van der Waals surface area (Å²) in [6.07, 6.45) is -1.91. The number of rotatable bonds is 13. The third kappa shape index (κ3) is 11.6. The van der Waals surface area contributed by atoms with Gasteiger partial charge in [-0.3, -0.25) is 4.79 Å². The molecule has 2 amide bonds. The van der Waals surface area contributed by atoms with Gasteiger partial charge in [-0.2, -0.15) is 0 Å². The zero-order chi connectivity index (χ0) is 28.3. The highest BCUT2D eigenvalue weighted by Crippen LogP contribution is 2.12. The van der Waals surface area contributed by atoms with E-state index in [0.29, 0.717) is 12.8 Å². The minimum absolute atomic E-state index is 0.0607. The number of benzene rings is 2. The van der Waals surface area contributed by atoms with Crippen LogP contribution in [0.2, 0.25) is 0 Å². The van der Waals surface area contributed by atoms with Crippen molar-refractivity contribution >= 4 is 12.0 Å². The number of amides is 2. The molecule has 9 heteroatoms. The Kier molecular flexibility index (Phi) is 11.7. The van der Waals surface area contributed by atoms with Crippen LogP contribution in [0.5, 0.6) is 0 Å². The number of carbonyl (C=O) groups is 2. The van der Waals surface area contributed by atoms with Gasteiger partial charge in [-0.05, 0) is 58.6 Å². The van der Waals surface area contributed by atoms with Crippen LogP contribution in [0.3, 0.4) is 0 Å². The fourth-order valence-electron chi connectivity index (χ4n) is 3.77. The summed E-state index contributed by atoms with van der Waals surface area (Å²) >= 11 is 0. The summed E-state index contributed by atoms with van der Waals surface area (Å²) in [5.41, 5.74) is -0.436. The SMILES string of the molecule is CC(C)(C)OC(=O)N[C@@H](Cc1ccccc1)[C@@H](O)CNCC(O)[C@@H](Cc1ccccc1)NC(=O)C(C)(C)O. The summed E-state index contributed by atoms with van der Waals surface area (Å²) in [7, 11) is 0. The molecule has 0 heterocycles. The van der Waals surface area contributed by atoms with E-state index in [9.17, 15) is 24.9 Å². The van der Waals surface area contributed by atoms with Gasteiger partial charge in [0, 0.05) is 13.1 Å². The molecule has 2 rings (SSSR count). The zero-order valence-corrected chi connectivity index (χ0v) is 23.0. The molecule has 0 saturated heterocycles. The van der Waals surface area contributed by atoms with Crippen LogP contribution in [0.15, 0.2) is 60.7 Å². The Morgan fingerprint density at radius 3 is 1.58 bits per heavy atom. The number of aliphatic hydroxyl groups excluding tert-OH is 2. The number of carbonyl (C=O) groups excluding carboxylic acids is 2. The lowest BCUT2D eigenvalue weighted by atomic mass is 9.99. The first-order chi connectivity index (χ1) is 17.7. The van der Waals surface area contributed by atoms with Crippen molar-refractivity contribution in [3.05, 3.63) is 71.8 Å². The van der Waals surface area contributed by atoms with Crippen molar-refractivity contribution in [2.45, 2.75) is 83.0 Å². The molecule has 4 atom stereocenters. The maximum absolute atomic E-state index is 12.4. The van der Waals surface area contributed by atoms with Crippen LogP contribution >= 0.6 is 0 Å². The molecule has 0 spiro atoms. The van der Waals surface area contributed by atoms with E-state index >= 15 is 0 Å². The Bertz CT molecular complexity index is 989. The summed E-state index contributed by atoms with van der Waals surface area (Å²) in [5, 5.41) is 40.5.